The molecule has 3 rings (SSSR count). The Morgan fingerprint density at radius 3 is 2.71 bits per heavy atom. The molecule has 0 aromatic carbocycles. The van der Waals surface area contributed by atoms with Crippen LogP contribution in [0.4, 0.5) is 4.79 Å². The fourth-order valence-corrected chi connectivity index (χ4v) is 4.45. The van der Waals surface area contributed by atoms with Crippen LogP contribution < -0.4 is 10.0 Å². The summed E-state index contributed by atoms with van der Waals surface area (Å²) in [4.78, 5) is 12.5. The average Bonchev–Trinajstić information content (AvgIpc) is 3.28. The van der Waals surface area contributed by atoms with Gasteiger partial charge in [-0.1, -0.05) is 12.7 Å². The third kappa shape index (κ3) is 4.55. The van der Waals surface area contributed by atoms with Crippen molar-refractivity contribution in [2.75, 3.05) is 0 Å². The zero-order valence-electron chi connectivity index (χ0n) is 16.5. The molecular weight excluding hydrogens is 376 g/mol. The third-order valence-corrected chi connectivity index (χ3v) is 6.41. The Bertz CT molecular complexity index is 938. The van der Waals surface area contributed by atoms with Gasteiger partial charge in [-0.3, -0.25) is 4.68 Å². The lowest BCUT2D eigenvalue weighted by atomic mass is 10.0. The van der Waals surface area contributed by atoms with Crippen molar-refractivity contribution in [2.24, 2.45) is 0 Å². The average molecular weight is 405 g/mol. The maximum absolute atomic E-state index is 12.5. The van der Waals surface area contributed by atoms with Crippen LogP contribution in [0.5, 0.6) is 0 Å². The molecule has 0 spiro atoms. The predicted octanol–water partition coefficient (Wildman–Crippen LogP) is 3.95. The smallest absolute Gasteiger partial charge is 0.307 e. The minimum Gasteiger partial charge on any atom is -0.307 e. The lowest BCUT2D eigenvalue weighted by molar-refractivity contribution is 0.248. The first-order chi connectivity index (χ1) is 13.3. The van der Waals surface area contributed by atoms with E-state index < -0.39 is 16.1 Å². The SMILES string of the molecule is C=C1CCCC/C=C2/CCCC2=C1NC(=O)NS(=O)(=O)c1cnn(C(C)C)c1. The molecule has 2 aliphatic rings. The summed E-state index contributed by atoms with van der Waals surface area (Å²) in [6, 6.07) is -0.745. The number of aromatic nitrogens is 2. The van der Waals surface area contributed by atoms with Gasteiger partial charge >= 0.3 is 6.03 Å². The van der Waals surface area contributed by atoms with Gasteiger partial charge in [0.05, 0.1) is 6.20 Å². The van der Waals surface area contributed by atoms with Crippen LogP contribution in [0.25, 0.3) is 0 Å². The number of hydrogen-bond acceptors (Lipinski definition) is 4. The number of sulfonamides is 1. The zero-order chi connectivity index (χ0) is 20.3. The number of carbonyl (C=O) groups is 1. The molecule has 0 radical (unpaired) electrons. The van der Waals surface area contributed by atoms with E-state index in [2.05, 4.69) is 27.8 Å². The van der Waals surface area contributed by atoms with Gasteiger partial charge in [0.25, 0.3) is 10.0 Å². The molecule has 2 aliphatic carbocycles. The Morgan fingerprint density at radius 2 is 2.00 bits per heavy atom. The molecule has 0 atom stereocenters. The molecule has 0 aliphatic heterocycles. The summed E-state index contributed by atoms with van der Waals surface area (Å²) < 4.78 is 28.7. The number of amides is 2. The minimum atomic E-state index is -4.00. The fourth-order valence-electron chi connectivity index (χ4n) is 3.60. The van der Waals surface area contributed by atoms with E-state index in [1.165, 1.54) is 22.6 Å². The van der Waals surface area contributed by atoms with Crippen molar-refractivity contribution in [3.8, 4) is 0 Å². The zero-order valence-corrected chi connectivity index (χ0v) is 17.3. The van der Waals surface area contributed by atoms with Crippen molar-refractivity contribution in [3.63, 3.8) is 0 Å². The van der Waals surface area contributed by atoms with Gasteiger partial charge in [0.1, 0.15) is 4.90 Å². The number of nitrogens with zero attached hydrogens (tertiary/aromatic N) is 2. The molecule has 152 valence electrons. The molecule has 1 aromatic rings. The molecule has 2 amide bonds. The van der Waals surface area contributed by atoms with Gasteiger partial charge in [0, 0.05) is 17.9 Å². The van der Waals surface area contributed by atoms with Crippen molar-refractivity contribution in [3.05, 3.63) is 47.5 Å². The normalized spacial score (nSPS) is 20.1. The molecule has 8 heteroatoms. The molecule has 1 fully saturated rings. The molecule has 7 nitrogen and oxygen atoms in total. The van der Waals surface area contributed by atoms with Crippen molar-refractivity contribution in [1.82, 2.24) is 19.8 Å². The number of nitrogens with one attached hydrogen (secondary N) is 2. The van der Waals surface area contributed by atoms with Gasteiger partial charge in [0.2, 0.25) is 0 Å². The highest BCUT2D eigenvalue weighted by Gasteiger charge is 2.25. The van der Waals surface area contributed by atoms with E-state index >= 15 is 0 Å². The van der Waals surface area contributed by atoms with Crippen LogP contribution >= 0.6 is 0 Å². The van der Waals surface area contributed by atoms with Crippen LogP contribution in [0.15, 0.2) is 52.4 Å². The van der Waals surface area contributed by atoms with Crippen LogP contribution in [-0.2, 0) is 10.0 Å². The molecule has 0 unspecified atom stereocenters. The van der Waals surface area contributed by atoms with Crippen LogP contribution in [0.3, 0.4) is 0 Å². The summed E-state index contributed by atoms with van der Waals surface area (Å²) in [6.45, 7) is 7.93. The van der Waals surface area contributed by atoms with Crippen molar-refractivity contribution in [2.45, 2.75) is 69.7 Å². The van der Waals surface area contributed by atoms with E-state index in [1.54, 1.807) is 0 Å². The van der Waals surface area contributed by atoms with Crippen molar-refractivity contribution < 1.29 is 13.2 Å². The molecule has 1 aromatic heterocycles. The van der Waals surface area contributed by atoms with Crippen LogP contribution in [0.1, 0.15) is 64.8 Å². The van der Waals surface area contributed by atoms with Gasteiger partial charge in [-0.15, -0.1) is 0 Å². The molecular formula is C20H28N4O3S. The first-order valence-electron chi connectivity index (χ1n) is 9.76. The summed E-state index contributed by atoms with van der Waals surface area (Å²) in [5.41, 5.74) is 3.87. The van der Waals surface area contributed by atoms with E-state index in [4.69, 9.17) is 0 Å². The third-order valence-electron chi connectivity index (χ3n) is 5.12. The van der Waals surface area contributed by atoms with Crippen molar-refractivity contribution >= 4 is 16.1 Å². The van der Waals surface area contributed by atoms with Crippen molar-refractivity contribution in [1.29, 1.82) is 0 Å². The quantitative estimate of drug-likeness (QED) is 0.795. The topological polar surface area (TPSA) is 93.1 Å². The number of rotatable bonds is 4. The van der Waals surface area contributed by atoms with E-state index in [0.717, 1.165) is 56.1 Å². The van der Waals surface area contributed by atoms with E-state index in [-0.39, 0.29) is 10.9 Å². The summed E-state index contributed by atoms with van der Waals surface area (Å²) in [6.07, 6.45) is 11.7. The fraction of sp³-hybridized carbons (Fsp3) is 0.500. The van der Waals surface area contributed by atoms with Gasteiger partial charge in [-0.05, 0) is 75.5 Å². The van der Waals surface area contributed by atoms with E-state index in [1.807, 2.05) is 13.8 Å². The highest BCUT2D eigenvalue weighted by Crippen LogP contribution is 2.36. The lowest BCUT2D eigenvalue weighted by Gasteiger charge is -2.16. The second-order valence-electron chi connectivity index (χ2n) is 7.60. The first-order valence-corrected chi connectivity index (χ1v) is 11.2. The van der Waals surface area contributed by atoms with E-state index in [9.17, 15) is 13.2 Å². The Labute approximate surface area is 166 Å². The number of hydrogen-bond donors (Lipinski definition) is 2. The van der Waals surface area contributed by atoms with Crippen LogP contribution in [-0.4, -0.2) is 24.2 Å². The van der Waals surface area contributed by atoms with Gasteiger partial charge in [-0.25, -0.2) is 17.9 Å². The van der Waals surface area contributed by atoms with Gasteiger partial charge < -0.3 is 5.32 Å². The summed E-state index contributed by atoms with van der Waals surface area (Å²) in [5, 5.41) is 6.80. The number of fused-ring (bicyclic) bond motifs is 1. The second kappa shape index (κ2) is 8.34. The predicted molar refractivity (Wildman–Crippen MR) is 108 cm³/mol. The summed E-state index contributed by atoms with van der Waals surface area (Å²) in [7, 11) is -4.00. The number of allylic oxidation sites excluding steroid dienone is 4. The maximum atomic E-state index is 12.5. The van der Waals surface area contributed by atoms with E-state index in [0.29, 0.717) is 5.70 Å². The minimum absolute atomic E-state index is 0.0273. The Kier molecular flexibility index (Phi) is 6.07. The van der Waals surface area contributed by atoms with Gasteiger partial charge in [0.15, 0.2) is 0 Å². The Morgan fingerprint density at radius 1 is 1.21 bits per heavy atom. The molecule has 1 saturated carbocycles. The van der Waals surface area contributed by atoms with Crippen LogP contribution in [0, 0.1) is 0 Å². The lowest BCUT2D eigenvalue weighted by Crippen LogP contribution is -2.39. The Balaban J connectivity index is 1.80. The molecule has 2 N–H and O–H groups in total. The molecule has 28 heavy (non-hydrogen) atoms. The highest BCUT2D eigenvalue weighted by molar-refractivity contribution is 7.90. The van der Waals surface area contributed by atoms with Gasteiger partial charge in [-0.2, -0.15) is 5.10 Å². The number of urea groups is 1. The Hall–Kier alpha value is -2.35. The molecule has 0 saturated heterocycles. The van der Waals surface area contributed by atoms with Crippen LogP contribution in [0.2, 0.25) is 0 Å². The number of carbonyl (C=O) groups excluding carboxylic acids is 1. The first kappa shape index (κ1) is 20.4. The molecule has 1 heterocycles. The largest absolute Gasteiger partial charge is 0.333 e. The standard InChI is InChI=1S/C20H28N4O3S/c1-14(2)24-13-17(12-21-24)28(26,27)23-20(25)22-19-15(3)8-5-4-6-9-16-10-7-11-18(16)19/h9,12-14H,3-8,10-11H2,1-2H3,(H2,22,23,25)/b16-9-,19-18?. The monoisotopic (exact) mass is 404 g/mol. The highest BCUT2D eigenvalue weighted by atomic mass is 32.2. The summed E-state index contributed by atoms with van der Waals surface area (Å²) in [5.74, 6) is 0. The summed E-state index contributed by atoms with van der Waals surface area (Å²) >= 11 is 0. The second-order valence-corrected chi connectivity index (χ2v) is 9.28. The maximum Gasteiger partial charge on any atom is 0.333 e. The molecule has 0 bridgehead atoms.